The van der Waals surface area contributed by atoms with Gasteiger partial charge in [0.25, 0.3) is 0 Å². The van der Waals surface area contributed by atoms with E-state index >= 15 is 13.6 Å². The maximum Gasteiger partial charge on any atom is 0.339 e. The number of halogens is 4. The molecule has 0 aromatic heterocycles. The third-order valence-corrected chi connectivity index (χ3v) is 15.1. The number of hydrogen-bond donors (Lipinski definition) is 1. The lowest BCUT2D eigenvalue weighted by molar-refractivity contribution is -0.147. The second-order valence-corrected chi connectivity index (χ2v) is 19.1. The zero-order valence-electron chi connectivity index (χ0n) is 32.4. The van der Waals surface area contributed by atoms with E-state index < -0.39 is 97.7 Å². The van der Waals surface area contributed by atoms with Crippen molar-refractivity contribution < 1.29 is 54.4 Å². The molecule has 9 nitrogen and oxygen atoms in total. The fourth-order valence-corrected chi connectivity index (χ4v) is 12.4. The quantitative estimate of drug-likeness (QED) is 0.0873. The van der Waals surface area contributed by atoms with E-state index in [1.807, 2.05) is 13.8 Å². The lowest BCUT2D eigenvalue weighted by Crippen LogP contribution is -2.49. The fourth-order valence-electron chi connectivity index (χ4n) is 11.8. The van der Waals surface area contributed by atoms with E-state index in [1.54, 1.807) is 4.90 Å². The van der Waals surface area contributed by atoms with Crippen LogP contribution in [0.3, 0.4) is 0 Å². The van der Waals surface area contributed by atoms with Gasteiger partial charge in [-0.25, -0.2) is 13.6 Å². The van der Waals surface area contributed by atoms with Crippen LogP contribution in [-0.2, 0) is 24.4 Å². The van der Waals surface area contributed by atoms with Crippen LogP contribution in [0.15, 0.2) is 17.0 Å². The van der Waals surface area contributed by atoms with Crippen molar-refractivity contribution in [2.45, 2.75) is 157 Å². The molecule has 57 heavy (non-hydrogen) atoms. The van der Waals surface area contributed by atoms with Crippen LogP contribution in [0.25, 0.3) is 0 Å². The van der Waals surface area contributed by atoms with E-state index in [2.05, 4.69) is 12.1 Å². The molecular formula is C43H51F4NO8S. The Morgan fingerprint density at radius 3 is 1.72 bits per heavy atom. The van der Waals surface area contributed by atoms with Gasteiger partial charge in [0.05, 0.1) is 23.4 Å². The highest BCUT2D eigenvalue weighted by Gasteiger charge is 2.71. The van der Waals surface area contributed by atoms with Crippen LogP contribution in [0.4, 0.5) is 17.6 Å². The summed E-state index contributed by atoms with van der Waals surface area (Å²) in [6.07, 6.45) is 15.4. The molecule has 2 bridgehead atoms. The molecule has 1 N–H and O–H groups in total. The van der Waals surface area contributed by atoms with Crippen LogP contribution in [0.1, 0.15) is 161 Å². The summed E-state index contributed by atoms with van der Waals surface area (Å²) in [6, 6.07) is 3.59. The predicted molar refractivity (Wildman–Crippen MR) is 199 cm³/mol. The summed E-state index contributed by atoms with van der Waals surface area (Å²) < 4.78 is 103. The molecule has 1 amide bonds. The second kappa shape index (κ2) is 15.6. The lowest BCUT2D eigenvalue weighted by Gasteiger charge is -2.36. The second-order valence-electron chi connectivity index (χ2n) is 17.7. The molecule has 310 valence electrons. The number of carbonyl (C=O) groups excluding carboxylic acids is 3. The third kappa shape index (κ3) is 6.97. The van der Waals surface area contributed by atoms with Crippen molar-refractivity contribution in [2.75, 3.05) is 0 Å². The molecule has 8 rings (SSSR count). The van der Waals surface area contributed by atoms with Crippen molar-refractivity contribution in [3.05, 3.63) is 57.7 Å². The summed E-state index contributed by atoms with van der Waals surface area (Å²) in [5.74, 6) is -16.7. The van der Waals surface area contributed by atoms with Crippen molar-refractivity contribution in [1.29, 1.82) is 0 Å². The van der Waals surface area contributed by atoms with Gasteiger partial charge in [0.1, 0.15) is 6.10 Å². The molecule has 6 atom stereocenters. The zero-order chi connectivity index (χ0) is 40.5. The van der Waals surface area contributed by atoms with Gasteiger partial charge in [0.2, 0.25) is 23.3 Å². The average molecular weight is 818 g/mol. The number of likely N-dealkylation sites (tertiary alicyclic amines) is 1. The van der Waals surface area contributed by atoms with Crippen LogP contribution in [0.5, 0.6) is 5.75 Å². The Morgan fingerprint density at radius 1 is 0.754 bits per heavy atom. The molecule has 1 heterocycles. The Labute approximate surface area is 331 Å². The number of carbonyl (C=O) groups is 3. The van der Waals surface area contributed by atoms with Crippen LogP contribution in [-0.4, -0.2) is 53.9 Å². The van der Waals surface area contributed by atoms with Crippen molar-refractivity contribution in [2.24, 2.45) is 23.7 Å². The van der Waals surface area contributed by atoms with Gasteiger partial charge in [-0.15, -0.1) is 0 Å². The van der Waals surface area contributed by atoms with Gasteiger partial charge in [-0.1, -0.05) is 69.9 Å². The van der Waals surface area contributed by atoms with Crippen molar-refractivity contribution in [1.82, 2.24) is 4.90 Å². The molecule has 1 saturated heterocycles. The molecule has 6 fully saturated rings. The topological polar surface area (TPSA) is 127 Å². The van der Waals surface area contributed by atoms with Gasteiger partial charge in [-0.05, 0) is 99.2 Å². The van der Waals surface area contributed by atoms with Crippen LogP contribution in [0, 0.1) is 46.9 Å². The smallest absolute Gasteiger partial charge is 0.339 e. The molecule has 6 aliphatic rings. The highest BCUT2D eigenvalue weighted by Crippen LogP contribution is 2.61. The van der Waals surface area contributed by atoms with Crippen LogP contribution >= 0.6 is 0 Å². The van der Waals surface area contributed by atoms with Gasteiger partial charge in [-0.3, -0.25) is 14.1 Å². The number of benzene rings is 2. The van der Waals surface area contributed by atoms with Crippen molar-refractivity contribution >= 4 is 28.0 Å². The molecule has 0 radical (unpaired) electrons. The number of nitrogens with zero attached hydrogens (tertiary/aromatic N) is 1. The van der Waals surface area contributed by atoms with Crippen molar-refractivity contribution in [3.8, 4) is 5.75 Å². The number of hydrogen-bond acceptors (Lipinski definition) is 7. The molecular weight excluding hydrogens is 767 g/mol. The van der Waals surface area contributed by atoms with E-state index in [0.29, 0.717) is 11.5 Å². The lowest BCUT2D eigenvalue weighted by atomic mass is 9.73. The Balaban J connectivity index is 1.17. The first-order chi connectivity index (χ1) is 27.2. The number of fused-ring (bicyclic) bond motifs is 1. The monoisotopic (exact) mass is 817 g/mol. The minimum atomic E-state index is -5.75. The molecule has 0 spiro atoms. The van der Waals surface area contributed by atoms with E-state index in [9.17, 15) is 31.3 Å². The van der Waals surface area contributed by atoms with E-state index in [4.69, 9.17) is 9.47 Å². The highest BCUT2D eigenvalue weighted by molar-refractivity contribution is 7.85. The first-order valence-corrected chi connectivity index (χ1v) is 22.4. The Morgan fingerprint density at radius 2 is 1.25 bits per heavy atom. The zero-order valence-corrected chi connectivity index (χ0v) is 33.2. The molecule has 5 saturated carbocycles. The van der Waals surface area contributed by atoms with Crippen LogP contribution < -0.4 is 4.74 Å². The Hall–Kier alpha value is -3.52. The fraction of sp³-hybridized carbons (Fsp3) is 0.651. The van der Waals surface area contributed by atoms with Gasteiger partial charge < -0.3 is 14.4 Å². The molecule has 14 heteroatoms. The predicted octanol–water partition coefficient (Wildman–Crippen LogP) is 9.27. The number of esters is 2. The molecule has 1 aliphatic heterocycles. The minimum Gasteiger partial charge on any atom is -0.456 e. The first-order valence-electron chi connectivity index (χ1n) is 20.9. The molecule has 2 aromatic rings. The average Bonchev–Trinajstić information content (AvgIpc) is 3.82. The maximum absolute atomic E-state index is 15.1. The summed E-state index contributed by atoms with van der Waals surface area (Å²) in [6.45, 7) is 3.61. The van der Waals surface area contributed by atoms with Gasteiger partial charge in [0.15, 0.2) is 16.5 Å². The Bertz CT molecular complexity index is 1990. The maximum atomic E-state index is 15.1. The molecule has 6 unspecified atom stereocenters. The van der Waals surface area contributed by atoms with Gasteiger partial charge in [-0.2, -0.15) is 17.2 Å². The van der Waals surface area contributed by atoms with E-state index in [1.165, 1.54) is 24.8 Å². The summed E-state index contributed by atoms with van der Waals surface area (Å²) >= 11 is 0. The van der Waals surface area contributed by atoms with Crippen molar-refractivity contribution in [3.63, 3.8) is 0 Å². The standard InChI is InChI=1S/C43H51F4NO8S/c1-21(2)48-37-28-20-29(32(31(28)41(48)49)43(51)56-39-33(44)35(46)40(57(52,53)54)36(47)34(39)45)38(37)55-42(50)30-26(23-14-8-4-9-15-23)18-25(22-12-6-3-7-13-22)19-27(30)24-16-10-5-11-17-24/h18-19,21-24,28-29,31-32,37-38H,3-17,20H2,1-2H3,(H,52,53,54). The minimum absolute atomic E-state index is 0.178. The van der Waals surface area contributed by atoms with Gasteiger partial charge >= 0.3 is 22.1 Å². The molecule has 5 aliphatic carbocycles. The summed E-state index contributed by atoms with van der Waals surface area (Å²) in [4.78, 5) is 42.4. The SMILES string of the molecule is CC(C)N1C(=O)C2C3CC(C(OC(=O)c4c(C5CCCCC5)cc(C5CCCCC5)cc4C4CCCCC4)C31)C2C(=O)Oc1c(F)c(F)c(S(=O)(=O)O)c(F)c1F. The third-order valence-electron chi connectivity index (χ3n) is 14.2. The van der Waals surface area contributed by atoms with E-state index in [0.717, 1.165) is 88.2 Å². The van der Waals surface area contributed by atoms with Crippen LogP contribution in [0.2, 0.25) is 0 Å². The van der Waals surface area contributed by atoms with E-state index in [-0.39, 0.29) is 24.3 Å². The number of amides is 1. The number of rotatable bonds is 9. The number of ether oxygens (including phenoxy) is 2. The first kappa shape index (κ1) is 40.3. The largest absolute Gasteiger partial charge is 0.456 e. The highest BCUT2D eigenvalue weighted by atomic mass is 32.2. The molecule has 2 aromatic carbocycles. The summed E-state index contributed by atoms with van der Waals surface area (Å²) in [5.41, 5.74) is 3.92. The normalized spacial score (nSPS) is 28.4. The Kier molecular flexibility index (Phi) is 11.0. The summed E-state index contributed by atoms with van der Waals surface area (Å²) in [5, 5.41) is 0. The summed E-state index contributed by atoms with van der Waals surface area (Å²) in [7, 11) is -5.75. The van der Waals surface area contributed by atoms with Gasteiger partial charge in [0, 0.05) is 12.0 Å².